The Kier molecular flexibility index (Phi) is 6.25. The molecule has 0 radical (unpaired) electrons. The molecule has 1 amide bonds. The highest BCUT2D eigenvalue weighted by atomic mass is 16.5. The van der Waals surface area contributed by atoms with Gasteiger partial charge in [0.15, 0.2) is 11.6 Å². The van der Waals surface area contributed by atoms with Gasteiger partial charge in [-0.15, -0.1) is 10.2 Å². The number of benzene rings is 1. The fourth-order valence-electron chi connectivity index (χ4n) is 2.37. The maximum atomic E-state index is 12.5. The Morgan fingerprint density at radius 1 is 1.24 bits per heavy atom. The van der Waals surface area contributed by atoms with Crippen molar-refractivity contribution in [2.45, 2.75) is 25.6 Å². The van der Waals surface area contributed by atoms with E-state index in [1.807, 2.05) is 6.07 Å². The van der Waals surface area contributed by atoms with E-state index in [-0.39, 0.29) is 19.0 Å². The van der Waals surface area contributed by atoms with E-state index in [1.165, 1.54) is 6.20 Å². The summed E-state index contributed by atoms with van der Waals surface area (Å²) in [5.41, 5.74) is 0.751. The number of H-pyrrole nitrogens is 1. The number of alkyl carbamates (subject to hydrolysis) is 1. The predicted molar refractivity (Wildman–Crippen MR) is 96.2 cm³/mol. The van der Waals surface area contributed by atoms with E-state index in [0.29, 0.717) is 5.82 Å². The number of ether oxygens (including phenoxy) is 1. The molecule has 0 saturated heterocycles. The van der Waals surface area contributed by atoms with E-state index in [9.17, 15) is 14.4 Å². The first kappa shape index (κ1) is 19.7. The number of nitrogens with zero attached hydrogens (tertiary/aromatic N) is 5. The van der Waals surface area contributed by atoms with Gasteiger partial charge in [0.1, 0.15) is 19.2 Å². The van der Waals surface area contributed by atoms with Crippen LogP contribution >= 0.6 is 0 Å². The molecule has 0 aliphatic rings. The molecule has 3 N–H and O–H groups in total. The van der Waals surface area contributed by atoms with E-state index >= 15 is 0 Å². The second-order valence-corrected chi connectivity index (χ2v) is 5.90. The Labute approximate surface area is 163 Å². The Bertz CT molecular complexity index is 971. The van der Waals surface area contributed by atoms with Gasteiger partial charge in [0.2, 0.25) is 5.82 Å². The monoisotopic (exact) mass is 399 g/mol. The number of ketones is 1. The third-order valence-electron chi connectivity index (χ3n) is 3.73. The average Bonchev–Trinajstić information content (AvgIpc) is 3.38. The number of carbonyl (C=O) groups excluding carboxylic acids is 2. The molecule has 3 aromatic rings. The first-order valence-electron chi connectivity index (χ1n) is 8.50. The van der Waals surface area contributed by atoms with Crippen LogP contribution in [0, 0.1) is 0 Å². The standard InChI is InChI=1S/C17H17N7O5/c25-13(9-24-22-16(21-23-24)15-18-6-7-19-15)12(8-14(26)27)20-17(28)29-10-11-4-2-1-3-5-11/h1-7,12H,8-10H2,(H,18,19)(H,20,28)(H,26,27). The highest BCUT2D eigenvalue weighted by Crippen LogP contribution is 2.06. The molecule has 0 fully saturated rings. The highest BCUT2D eigenvalue weighted by Gasteiger charge is 2.25. The Hall–Kier alpha value is -4.09. The number of rotatable bonds is 9. The number of aromatic amines is 1. The quantitative estimate of drug-likeness (QED) is 0.462. The second-order valence-electron chi connectivity index (χ2n) is 5.90. The van der Waals surface area contributed by atoms with Gasteiger partial charge >= 0.3 is 12.1 Å². The van der Waals surface area contributed by atoms with Gasteiger partial charge in [0, 0.05) is 12.4 Å². The normalized spacial score (nSPS) is 11.6. The molecule has 0 saturated carbocycles. The maximum absolute atomic E-state index is 12.5. The number of hydrogen-bond donors (Lipinski definition) is 3. The SMILES string of the molecule is O=C(O)CC(NC(=O)OCc1ccccc1)C(=O)Cn1nnc(-c2ncc[nH]2)n1. The zero-order chi connectivity index (χ0) is 20.6. The van der Waals surface area contributed by atoms with Crippen LogP contribution in [0.5, 0.6) is 0 Å². The number of tetrazole rings is 1. The second kappa shape index (κ2) is 9.21. The number of carboxylic acid groups (broad SMARTS) is 1. The lowest BCUT2D eigenvalue weighted by atomic mass is 10.1. The van der Waals surface area contributed by atoms with Crippen LogP contribution in [0.15, 0.2) is 42.7 Å². The van der Waals surface area contributed by atoms with Gasteiger partial charge in [-0.3, -0.25) is 9.59 Å². The van der Waals surface area contributed by atoms with Crippen LogP contribution in [0.3, 0.4) is 0 Å². The molecule has 0 spiro atoms. The number of imidazole rings is 1. The number of aromatic nitrogens is 6. The third kappa shape index (κ3) is 5.69. The number of hydrogen-bond acceptors (Lipinski definition) is 8. The molecule has 0 bridgehead atoms. The Balaban J connectivity index is 1.59. The molecule has 3 rings (SSSR count). The molecule has 2 aromatic heterocycles. The molecule has 12 heteroatoms. The van der Waals surface area contributed by atoms with Crippen LogP contribution < -0.4 is 5.32 Å². The molecule has 1 atom stereocenters. The van der Waals surface area contributed by atoms with Crippen LogP contribution in [0.1, 0.15) is 12.0 Å². The smallest absolute Gasteiger partial charge is 0.408 e. The van der Waals surface area contributed by atoms with Crippen LogP contribution in [-0.2, 0) is 27.5 Å². The number of amides is 1. The van der Waals surface area contributed by atoms with E-state index in [4.69, 9.17) is 9.84 Å². The van der Waals surface area contributed by atoms with Crippen LogP contribution in [-0.4, -0.2) is 59.2 Å². The molecule has 12 nitrogen and oxygen atoms in total. The number of carbonyl (C=O) groups is 3. The minimum atomic E-state index is -1.31. The summed E-state index contributed by atoms with van der Waals surface area (Å²) < 4.78 is 5.04. The van der Waals surface area contributed by atoms with Gasteiger partial charge in [0.25, 0.3) is 0 Å². The van der Waals surface area contributed by atoms with Crippen LogP contribution in [0.4, 0.5) is 4.79 Å². The summed E-state index contributed by atoms with van der Waals surface area (Å²) in [5, 5.41) is 22.8. The van der Waals surface area contributed by atoms with E-state index in [2.05, 4.69) is 30.7 Å². The molecular weight excluding hydrogens is 382 g/mol. The fraction of sp³-hybridized carbons (Fsp3) is 0.235. The lowest BCUT2D eigenvalue weighted by Gasteiger charge is -2.15. The van der Waals surface area contributed by atoms with Crippen molar-refractivity contribution < 1.29 is 24.2 Å². The molecule has 0 aliphatic carbocycles. The van der Waals surface area contributed by atoms with Crippen molar-refractivity contribution in [3.8, 4) is 11.6 Å². The van der Waals surface area contributed by atoms with Gasteiger partial charge in [-0.1, -0.05) is 30.3 Å². The van der Waals surface area contributed by atoms with Crippen molar-refractivity contribution in [2.24, 2.45) is 0 Å². The molecule has 150 valence electrons. The van der Waals surface area contributed by atoms with Crippen LogP contribution in [0.25, 0.3) is 11.6 Å². The van der Waals surface area contributed by atoms with Gasteiger partial charge < -0.3 is 20.1 Å². The van der Waals surface area contributed by atoms with Gasteiger partial charge in [-0.25, -0.2) is 9.78 Å². The summed E-state index contributed by atoms with van der Waals surface area (Å²) in [6.07, 6.45) is 1.57. The average molecular weight is 399 g/mol. The lowest BCUT2D eigenvalue weighted by molar-refractivity contribution is -0.139. The first-order chi connectivity index (χ1) is 14.0. The van der Waals surface area contributed by atoms with E-state index in [1.54, 1.807) is 30.5 Å². The number of aliphatic carboxylic acids is 1. The van der Waals surface area contributed by atoms with Gasteiger partial charge in [0.05, 0.1) is 6.42 Å². The Morgan fingerprint density at radius 2 is 2.03 bits per heavy atom. The fourth-order valence-corrected chi connectivity index (χ4v) is 2.37. The third-order valence-corrected chi connectivity index (χ3v) is 3.73. The summed E-state index contributed by atoms with van der Waals surface area (Å²) in [5.74, 6) is -1.33. The number of Topliss-reactive ketones (excluding diaryl/α,β-unsaturated/α-hetero) is 1. The molecule has 2 heterocycles. The zero-order valence-electron chi connectivity index (χ0n) is 15.1. The largest absolute Gasteiger partial charge is 0.481 e. The maximum Gasteiger partial charge on any atom is 0.408 e. The van der Waals surface area contributed by atoms with Gasteiger partial charge in [-0.05, 0) is 10.8 Å². The number of carboxylic acids is 1. The van der Waals surface area contributed by atoms with Crippen LogP contribution in [0.2, 0.25) is 0 Å². The molecule has 29 heavy (non-hydrogen) atoms. The van der Waals surface area contributed by atoms with Crippen molar-refractivity contribution in [1.29, 1.82) is 0 Å². The van der Waals surface area contributed by atoms with Crippen molar-refractivity contribution in [2.75, 3.05) is 0 Å². The van der Waals surface area contributed by atoms with Gasteiger partial charge in [-0.2, -0.15) is 4.80 Å². The first-order valence-corrected chi connectivity index (χ1v) is 8.50. The highest BCUT2D eigenvalue weighted by molar-refractivity contribution is 5.90. The zero-order valence-corrected chi connectivity index (χ0v) is 15.1. The van der Waals surface area contributed by atoms with Crippen molar-refractivity contribution in [3.05, 3.63) is 48.3 Å². The minimum Gasteiger partial charge on any atom is -0.481 e. The molecule has 1 unspecified atom stereocenters. The topological polar surface area (TPSA) is 165 Å². The molecule has 1 aromatic carbocycles. The minimum absolute atomic E-state index is 0.0161. The molecular formula is C17H17N7O5. The van der Waals surface area contributed by atoms with Crippen molar-refractivity contribution >= 4 is 17.8 Å². The van der Waals surface area contributed by atoms with E-state index in [0.717, 1.165) is 10.4 Å². The van der Waals surface area contributed by atoms with Crippen molar-refractivity contribution in [1.82, 2.24) is 35.5 Å². The summed E-state index contributed by atoms with van der Waals surface area (Å²) in [4.78, 5) is 43.3. The van der Waals surface area contributed by atoms with Crippen molar-refractivity contribution in [3.63, 3.8) is 0 Å². The van der Waals surface area contributed by atoms with E-state index < -0.39 is 30.3 Å². The summed E-state index contributed by atoms with van der Waals surface area (Å²) in [7, 11) is 0. The predicted octanol–water partition coefficient (Wildman–Crippen LogP) is 0.402. The molecule has 0 aliphatic heterocycles. The summed E-state index contributed by atoms with van der Waals surface area (Å²) in [6, 6.07) is 7.61. The summed E-state index contributed by atoms with van der Waals surface area (Å²) in [6.45, 7) is -0.400. The Morgan fingerprint density at radius 3 is 2.72 bits per heavy atom. The lowest BCUT2D eigenvalue weighted by Crippen LogP contribution is -2.44. The number of nitrogens with one attached hydrogen (secondary N) is 2. The summed E-state index contributed by atoms with van der Waals surface area (Å²) >= 11 is 0.